The number of nitrogens with zero attached hydrogens (tertiary/aromatic N) is 1. The van der Waals surface area contributed by atoms with E-state index in [2.05, 4.69) is 5.32 Å². The lowest BCUT2D eigenvalue weighted by atomic mass is 10.1. The molecule has 0 heterocycles. The van der Waals surface area contributed by atoms with Crippen molar-refractivity contribution in [2.45, 2.75) is 0 Å². The Bertz CT molecular complexity index is 703. The third-order valence-electron chi connectivity index (χ3n) is 2.54. The van der Waals surface area contributed by atoms with Crippen molar-refractivity contribution in [2.24, 2.45) is 0 Å². The Balaban J connectivity index is 2.38. The molecule has 0 fully saturated rings. The molecule has 0 aromatic heterocycles. The van der Waals surface area contributed by atoms with Gasteiger partial charge in [0.15, 0.2) is 0 Å². The molecule has 0 radical (unpaired) electrons. The molecule has 3 nitrogen and oxygen atoms in total. The lowest BCUT2D eigenvalue weighted by Crippen LogP contribution is -2.14. The van der Waals surface area contributed by atoms with Crippen molar-refractivity contribution in [2.75, 3.05) is 5.32 Å². The molecular formula is C14H7Cl3N2O. The molecule has 0 unspecified atom stereocenters. The summed E-state index contributed by atoms with van der Waals surface area (Å²) in [6.45, 7) is 0. The van der Waals surface area contributed by atoms with Gasteiger partial charge in [-0.15, -0.1) is 0 Å². The SMILES string of the molecule is N#Cc1ccc(Cl)cc1NC(=O)c1c(Cl)cccc1Cl. The van der Waals surface area contributed by atoms with E-state index in [1.165, 1.54) is 12.1 Å². The zero-order chi connectivity index (χ0) is 14.7. The number of anilines is 1. The summed E-state index contributed by atoms with van der Waals surface area (Å²) in [7, 11) is 0. The van der Waals surface area contributed by atoms with E-state index in [1.807, 2.05) is 6.07 Å². The van der Waals surface area contributed by atoms with Crippen molar-refractivity contribution in [3.63, 3.8) is 0 Å². The maximum Gasteiger partial charge on any atom is 0.258 e. The summed E-state index contributed by atoms with van der Waals surface area (Å²) in [5.41, 5.74) is 0.756. The van der Waals surface area contributed by atoms with Gasteiger partial charge in [0.1, 0.15) is 6.07 Å². The molecule has 6 heteroatoms. The van der Waals surface area contributed by atoms with E-state index in [1.54, 1.807) is 24.3 Å². The van der Waals surface area contributed by atoms with Crippen molar-refractivity contribution in [1.82, 2.24) is 0 Å². The highest BCUT2D eigenvalue weighted by molar-refractivity contribution is 6.40. The normalized spacial score (nSPS) is 9.90. The highest BCUT2D eigenvalue weighted by atomic mass is 35.5. The fourth-order valence-corrected chi connectivity index (χ4v) is 2.36. The van der Waals surface area contributed by atoms with E-state index in [9.17, 15) is 4.79 Å². The molecule has 0 atom stereocenters. The van der Waals surface area contributed by atoms with Crippen LogP contribution in [0.15, 0.2) is 36.4 Å². The molecule has 0 spiro atoms. The summed E-state index contributed by atoms with van der Waals surface area (Å²) >= 11 is 17.8. The lowest BCUT2D eigenvalue weighted by Gasteiger charge is -2.10. The standard InChI is InChI=1S/C14H7Cl3N2O/c15-9-5-4-8(7-18)12(6-9)19-14(20)13-10(16)2-1-3-11(13)17/h1-6H,(H,19,20). The van der Waals surface area contributed by atoms with Crippen LogP contribution >= 0.6 is 34.8 Å². The summed E-state index contributed by atoms with van der Waals surface area (Å²) in [5.74, 6) is -0.501. The van der Waals surface area contributed by atoms with Crippen molar-refractivity contribution < 1.29 is 4.79 Å². The van der Waals surface area contributed by atoms with Crippen LogP contribution in [0.3, 0.4) is 0 Å². The summed E-state index contributed by atoms with van der Waals surface area (Å²) in [6, 6.07) is 11.3. The van der Waals surface area contributed by atoms with Crippen LogP contribution in [0.5, 0.6) is 0 Å². The van der Waals surface area contributed by atoms with E-state index >= 15 is 0 Å². The van der Waals surface area contributed by atoms with Gasteiger partial charge >= 0.3 is 0 Å². The van der Waals surface area contributed by atoms with Gasteiger partial charge in [0.2, 0.25) is 0 Å². The lowest BCUT2D eigenvalue weighted by molar-refractivity contribution is 0.102. The van der Waals surface area contributed by atoms with E-state index in [-0.39, 0.29) is 15.6 Å². The largest absolute Gasteiger partial charge is 0.321 e. The van der Waals surface area contributed by atoms with Crippen LogP contribution < -0.4 is 5.32 Å². The van der Waals surface area contributed by atoms with Crippen LogP contribution in [0.4, 0.5) is 5.69 Å². The summed E-state index contributed by atoms with van der Waals surface area (Å²) in [4.78, 5) is 12.2. The minimum Gasteiger partial charge on any atom is -0.321 e. The van der Waals surface area contributed by atoms with Gasteiger partial charge in [-0.3, -0.25) is 4.79 Å². The Kier molecular flexibility index (Phi) is 4.51. The van der Waals surface area contributed by atoms with Crippen LogP contribution in [0.2, 0.25) is 15.1 Å². The minimum absolute atomic E-state index is 0.152. The predicted molar refractivity (Wildman–Crippen MR) is 80.6 cm³/mol. The van der Waals surface area contributed by atoms with E-state index in [4.69, 9.17) is 40.1 Å². The molecule has 2 rings (SSSR count). The maximum atomic E-state index is 12.2. The van der Waals surface area contributed by atoms with Crippen LogP contribution in [-0.4, -0.2) is 5.91 Å². The number of amides is 1. The highest BCUT2D eigenvalue weighted by Gasteiger charge is 2.16. The molecule has 2 aromatic carbocycles. The van der Waals surface area contributed by atoms with Crippen LogP contribution in [0, 0.1) is 11.3 Å². The fourth-order valence-electron chi connectivity index (χ4n) is 1.62. The number of rotatable bonds is 2. The van der Waals surface area contributed by atoms with E-state index < -0.39 is 5.91 Å². The number of nitriles is 1. The second kappa shape index (κ2) is 6.15. The molecule has 0 bridgehead atoms. The number of nitrogens with one attached hydrogen (secondary N) is 1. The number of hydrogen-bond acceptors (Lipinski definition) is 2. The first-order valence-corrected chi connectivity index (χ1v) is 6.61. The first kappa shape index (κ1) is 14.7. The Morgan fingerprint density at radius 2 is 1.75 bits per heavy atom. The zero-order valence-corrected chi connectivity index (χ0v) is 12.2. The van der Waals surface area contributed by atoms with Crippen LogP contribution in [0.25, 0.3) is 0 Å². The second-order valence-corrected chi connectivity index (χ2v) is 5.10. The quantitative estimate of drug-likeness (QED) is 0.864. The molecule has 0 aliphatic rings. The van der Waals surface area contributed by atoms with Gasteiger partial charge in [0, 0.05) is 5.02 Å². The number of hydrogen-bond donors (Lipinski definition) is 1. The highest BCUT2D eigenvalue weighted by Crippen LogP contribution is 2.27. The summed E-state index contributed by atoms with van der Waals surface area (Å²) < 4.78 is 0. The minimum atomic E-state index is -0.501. The van der Waals surface area contributed by atoms with Crippen molar-refractivity contribution >= 4 is 46.4 Å². The molecule has 0 saturated carbocycles. The summed E-state index contributed by atoms with van der Waals surface area (Å²) in [6.07, 6.45) is 0. The number of carbonyl (C=O) groups excluding carboxylic acids is 1. The zero-order valence-electron chi connectivity index (χ0n) is 9.95. The van der Waals surface area contributed by atoms with Gasteiger partial charge in [0.25, 0.3) is 5.91 Å². The Hall–Kier alpha value is -1.73. The van der Waals surface area contributed by atoms with Crippen LogP contribution in [0.1, 0.15) is 15.9 Å². The van der Waals surface area contributed by atoms with Gasteiger partial charge in [0.05, 0.1) is 26.9 Å². The first-order chi connectivity index (χ1) is 9.52. The molecule has 20 heavy (non-hydrogen) atoms. The first-order valence-electron chi connectivity index (χ1n) is 5.48. The monoisotopic (exact) mass is 324 g/mol. The number of carbonyl (C=O) groups is 1. The van der Waals surface area contributed by atoms with Gasteiger partial charge in [-0.2, -0.15) is 5.26 Å². The van der Waals surface area contributed by atoms with Crippen LogP contribution in [-0.2, 0) is 0 Å². The van der Waals surface area contributed by atoms with Crippen molar-refractivity contribution in [3.05, 3.63) is 62.6 Å². The van der Waals surface area contributed by atoms with Crippen molar-refractivity contribution in [3.8, 4) is 6.07 Å². The number of benzene rings is 2. The maximum absolute atomic E-state index is 12.2. The topological polar surface area (TPSA) is 52.9 Å². The Morgan fingerprint density at radius 3 is 2.35 bits per heavy atom. The van der Waals surface area contributed by atoms with Gasteiger partial charge in [-0.25, -0.2) is 0 Å². The molecule has 1 amide bonds. The Morgan fingerprint density at radius 1 is 1.10 bits per heavy atom. The second-order valence-electron chi connectivity index (χ2n) is 3.85. The fraction of sp³-hybridized carbons (Fsp3) is 0. The molecule has 2 aromatic rings. The third kappa shape index (κ3) is 3.05. The Labute approximate surface area is 130 Å². The molecule has 0 aliphatic carbocycles. The molecule has 0 aliphatic heterocycles. The average Bonchev–Trinajstić information content (AvgIpc) is 2.38. The van der Waals surface area contributed by atoms with Crippen molar-refractivity contribution in [1.29, 1.82) is 5.26 Å². The average molecular weight is 326 g/mol. The van der Waals surface area contributed by atoms with E-state index in [0.29, 0.717) is 16.3 Å². The van der Waals surface area contributed by atoms with Gasteiger partial charge < -0.3 is 5.32 Å². The molecule has 1 N–H and O–H groups in total. The summed E-state index contributed by atoms with van der Waals surface area (Å²) in [5, 5.41) is 12.5. The smallest absolute Gasteiger partial charge is 0.258 e. The van der Waals surface area contributed by atoms with Gasteiger partial charge in [-0.1, -0.05) is 40.9 Å². The van der Waals surface area contributed by atoms with E-state index in [0.717, 1.165) is 0 Å². The molecule has 0 saturated heterocycles. The molecule has 100 valence electrons. The third-order valence-corrected chi connectivity index (χ3v) is 3.41. The van der Waals surface area contributed by atoms with Gasteiger partial charge in [-0.05, 0) is 30.3 Å². The molecular weight excluding hydrogens is 319 g/mol. The predicted octanol–water partition coefficient (Wildman–Crippen LogP) is 4.77. The number of halogens is 3.